The SMILES string of the molecule is CC(C)c1cc(F)cc(-c2cccnc2)c1N.CC(C)c1cc(F)cc(-c2cccnc2)c1NC(=O)NS(=O)(=O)c1cc(CN(C)C)n(C(C)C)n1.CC(C)n1nc(S(N)(=O)=O)cc1CN(C)C. The van der Waals surface area contributed by atoms with Crippen molar-refractivity contribution in [1.29, 1.82) is 0 Å². The lowest BCUT2D eigenvalue weighted by atomic mass is 9.94. The molecule has 4 aromatic heterocycles. The molecule has 4 heterocycles. The maximum Gasteiger partial charge on any atom is 0.333 e. The summed E-state index contributed by atoms with van der Waals surface area (Å²) in [5.74, 6) is -0.690. The van der Waals surface area contributed by atoms with Gasteiger partial charge in [0, 0.05) is 90.0 Å². The van der Waals surface area contributed by atoms with Crippen molar-refractivity contribution in [2.75, 3.05) is 39.2 Å². The number of halogens is 2. The first-order valence-electron chi connectivity index (χ1n) is 21.8. The molecule has 6 rings (SSSR count). The molecule has 0 atom stereocenters. The summed E-state index contributed by atoms with van der Waals surface area (Å²) in [6.07, 6.45) is 6.50. The van der Waals surface area contributed by atoms with Gasteiger partial charge >= 0.3 is 6.03 Å². The van der Waals surface area contributed by atoms with Gasteiger partial charge in [-0.3, -0.25) is 19.3 Å². The Morgan fingerprint density at radius 3 is 1.54 bits per heavy atom. The Bertz CT molecular complexity index is 2870. The molecule has 2 aromatic carbocycles. The molecule has 368 valence electrons. The van der Waals surface area contributed by atoms with E-state index in [0.717, 1.165) is 16.8 Å². The summed E-state index contributed by atoms with van der Waals surface area (Å²) >= 11 is 0. The number of pyridine rings is 2. The number of nitrogens with one attached hydrogen (secondary N) is 2. The van der Waals surface area contributed by atoms with Crippen LogP contribution in [0.15, 0.2) is 95.5 Å². The number of carbonyl (C=O) groups is 1. The first kappa shape index (κ1) is 54.5. The molecule has 21 heteroatoms. The Labute approximate surface area is 399 Å². The number of urea groups is 1. The van der Waals surface area contributed by atoms with Gasteiger partial charge in [-0.25, -0.2) is 31.9 Å². The average Bonchev–Trinajstić information content (AvgIpc) is 3.88. The standard InChI is InChI=1S/C24H31FN6O3S.C14H15FN2.C9H18N4O2S/c1-15(2)20-10-18(25)11-21(17-8-7-9-26-13-17)23(20)27-24(32)29-35(33,34)22-12-19(14-30(5)6)31(28-22)16(3)4;1-9(2)12-6-11(15)7-13(14(12)16)10-4-3-5-17-8-10;1-7(2)13-8(6-12(3)4)5-9(11-13)16(10,14)15/h7-13,15-16H,14H2,1-6H3,(H2,27,29,32);3-9H,16H2,1-2H3;5,7H,6H2,1-4H3,(H2,10,14,15). The van der Waals surface area contributed by atoms with Crippen molar-refractivity contribution < 1.29 is 30.4 Å². The van der Waals surface area contributed by atoms with Crippen LogP contribution in [0.3, 0.4) is 0 Å². The number of rotatable bonds is 14. The van der Waals surface area contributed by atoms with E-state index in [4.69, 9.17) is 10.9 Å². The first-order valence-corrected chi connectivity index (χ1v) is 24.8. The van der Waals surface area contributed by atoms with Crippen LogP contribution in [0.2, 0.25) is 0 Å². The van der Waals surface area contributed by atoms with E-state index in [-0.39, 0.29) is 39.8 Å². The van der Waals surface area contributed by atoms with Gasteiger partial charge in [0.1, 0.15) is 11.6 Å². The van der Waals surface area contributed by atoms with E-state index in [0.29, 0.717) is 52.4 Å². The fraction of sp³-hybridized carbons (Fsp3) is 0.383. The van der Waals surface area contributed by atoms with Crippen LogP contribution < -0.4 is 20.9 Å². The topological polar surface area (TPSA) is 229 Å². The molecule has 6 N–H and O–H groups in total. The quantitative estimate of drug-likeness (QED) is 0.0759. The van der Waals surface area contributed by atoms with Crippen LogP contribution in [0.4, 0.5) is 25.0 Å². The predicted octanol–water partition coefficient (Wildman–Crippen LogP) is 8.13. The number of nitrogens with two attached hydrogens (primary N) is 2. The summed E-state index contributed by atoms with van der Waals surface area (Å²) in [5, 5.41) is 15.6. The van der Waals surface area contributed by atoms with Crippen LogP contribution in [0.25, 0.3) is 22.3 Å². The molecular formula is C47H64F2N12O5S2. The molecule has 17 nitrogen and oxygen atoms in total. The number of hydrogen-bond acceptors (Lipinski definition) is 12. The fourth-order valence-electron chi connectivity index (χ4n) is 7.03. The Kier molecular flexibility index (Phi) is 18.6. The number of nitrogens with zero attached hydrogens (tertiary/aromatic N) is 8. The highest BCUT2D eigenvalue weighted by Gasteiger charge is 2.26. The number of hydrogen-bond donors (Lipinski definition) is 4. The molecule has 0 saturated heterocycles. The van der Waals surface area contributed by atoms with Gasteiger partial charge in [-0.05, 0) is 115 Å². The Morgan fingerprint density at radius 2 is 1.12 bits per heavy atom. The van der Waals surface area contributed by atoms with Gasteiger partial charge in [0.2, 0.25) is 0 Å². The third-order valence-electron chi connectivity index (χ3n) is 10.0. The van der Waals surface area contributed by atoms with Crippen molar-refractivity contribution >= 4 is 37.5 Å². The van der Waals surface area contributed by atoms with E-state index < -0.39 is 31.9 Å². The number of aromatic nitrogens is 6. The van der Waals surface area contributed by atoms with Gasteiger partial charge in [0.05, 0.1) is 17.1 Å². The van der Waals surface area contributed by atoms with Crippen LogP contribution in [-0.2, 0) is 33.1 Å². The molecule has 0 aliphatic rings. The van der Waals surface area contributed by atoms with Gasteiger partial charge in [0.25, 0.3) is 20.0 Å². The zero-order valence-electron chi connectivity index (χ0n) is 40.7. The average molecular weight is 979 g/mol. The van der Waals surface area contributed by atoms with E-state index in [9.17, 15) is 30.4 Å². The zero-order chi connectivity index (χ0) is 50.8. The lowest BCUT2D eigenvalue weighted by Crippen LogP contribution is -2.35. The summed E-state index contributed by atoms with van der Waals surface area (Å²) in [5.41, 5.74) is 12.5. The molecule has 0 bridgehead atoms. The second-order valence-electron chi connectivity index (χ2n) is 17.8. The summed E-state index contributed by atoms with van der Waals surface area (Å²) in [7, 11) is -0.436. The minimum absolute atomic E-state index is 0.0712. The molecule has 0 aliphatic carbocycles. The molecule has 0 unspecified atom stereocenters. The molecule has 0 saturated carbocycles. The predicted molar refractivity (Wildman–Crippen MR) is 263 cm³/mol. The fourth-order valence-corrected chi connectivity index (χ4v) is 8.42. The number of anilines is 2. The number of amides is 2. The van der Waals surface area contributed by atoms with E-state index in [1.54, 1.807) is 46.3 Å². The van der Waals surface area contributed by atoms with Crippen molar-refractivity contribution in [3.05, 3.63) is 120 Å². The van der Waals surface area contributed by atoms with Crippen molar-refractivity contribution in [3.63, 3.8) is 0 Å². The van der Waals surface area contributed by atoms with E-state index >= 15 is 0 Å². The molecule has 0 radical (unpaired) electrons. The van der Waals surface area contributed by atoms with Gasteiger partial charge in [-0.15, -0.1) is 0 Å². The minimum atomic E-state index is -4.27. The van der Waals surface area contributed by atoms with Crippen molar-refractivity contribution in [1.82, 2.24) is 44.1 Å². The Morgan fingerprint density at radius 1 is 0.676 bits per heavy atom. The molecule has 2 amide bonds. The van der Waals surface area contributed by atoms with E-state index in [2.05, 4.69) is 25.5 Å². The smallest absolute Gasteiger partial charge is 0.333 e. The Balaban J connectivity index is 0.000000253. The molecule has 0 aliphatic heterocycles. The van der Waals surface area contributed by atoms with Gasteiger partial charge < -0.3 is 20.9 Å². The maximum atomic E-state index is 14.4. The van der Waals surface area contributed by atoms with Crippen LogP contribution in [-0.4, -0.2) is 90.4 Å². The number of nitrogen functional groups attached to an aromatic ring is 1. The highest BCUT2D eigenvalue weighted by molar-refractivity contribution is 7.90. The minimum Gasteiger partial charge on any atom is -0.398 e. The third kappa shape index (κ3) is 14.7. The number of carbonyl (C=O) groups excluding carboxylic acids is 1. The number of benzene rings is 2. The first-order chi connectivity index (χ1) is 31.7. The van der Waals surface area contributed by atoms with E-state index in [1.807, 2.05) is 110 Å². The summed E-state index contributed by atoms with van der Waals surface area (Å²) in [4.78, 5) is 24.8. The molecular weight excluding hydrogens is 915 g/mol. The lowest BCUT2D eigenvalue weighted by Gasteiger charge is -2.19. The van der Waals surface area contributed by atoms with Crippen LogP contribution in [0.1, 0.15) is 102 Å². The maximum absolute atomic E-state index is 14.4. The zero-order valence-corrected chi connectivity index (χ0v) is 42.3. The molecule has 68 heavy (non-hydrogen) atoms. The monoisotopic (exact) mass is 978 g/mol. The Hall–Kier alpha value is -6.13. The number of sulfonamides is 2. The second-order valence-corrected chi connectivity index (χ2v) is 20.9. The normalized spacial score (nSPS) is 11.8. The van der Waals surface area contributed by atoms with Crippen molar-refractivity contribution in [3.8, 4) is 22.3 Å². The molecule has 6 aromatic rings. The lowest BCUT2D eigenvalue weighted by molar-refractivity contribution is 0.256. The van der Waals surface area contributed by atoms with Gasteiger partial charge in [0.15, 0.2) is 10.1 Å². The third-order valence-corrected chi connectivity index (χ3v) is 12.0. The van der Waals surface area contributed by atoms with Crippen LogP contribution in [0, 0.1) is 11.6 Å². The summed E-state index contributed by atoms with van der Waals surface area (Å²) in [6.45, 7) is 16.5. The number of primary sulfonamides is 1. The largest absolute Gasteiger partial charge is 0.398 e. The highest BCUT2D eigenvalue weighted by Crippen LogP contribution is 2.36. The van der Waals surface area contributed by atoms with Crippen molar-refractivity contribution in [2.45, 2.75) is 102 Å². The van der Waals surface area contributed by atoms with Crippen LogP contribution >= 0.6 is 0 Å². The van der Waals surface area contributed by atoms with E-state index in [1.165, 1.54) is 36.4 Å². The van der Waals surface area contributed by atoms with Gasteiger partial charge in [-0.1, -0.05) is 39.8 Å². The van der Waals surface area contributed by atoms with Crippen LogP contribution in [0.5, 0.6) is 0 Å². The summed E-state index contributed by atoms with van der Waals surface area (Å²) in [6, 6.07) is 14.7. The highest BCUT2D eigenvalue weighted by atomic mass is 32.2. The second kappa shape index (κ2) is 23.3. The molecule has 0 fully saturated rings. The van der Waals surface area contributed by atoms with Crippen molar-refractivity contribution in [2.24, 2.45) is 5.14 Å². The summed E-state index contributed by atoms with van der Waals surface area (Å²) < 4.78 is 81.7. The van der Waals surface area contributed by atoms with Gasteiger partial charge in [-0.2, -0.15) is 18.6 Å². The molecule has 0 spiro atoms.